The van der Waals surface area contributed by atoms with Crippen LogP contribution in [-0.2, 0) is 14.8 Å². The maximum Gasteiger partial charge on any atom is 0.336 e. The van der Waals surface area contributed by atoms with Crippen LogP contribution < -0.4 is 10.0 Å². The number of nitrogens with one attached hydrogen (secondary N) is 2. The van der Waals surface area contributed by atoms with E-state index in [0.717, 1.165) is 6.07 Å². The van der Waals surface area contributed by atoms with Gasteiger partial charge in [-0.05, 0) is 47.7 Å². The van der Waals surface area contributed by atoms with Crippen molar-refractivity contribution in [1.29, 1.82) is 0 Å². The van der Waals surface area contributed by atoms with Gasteiger partial charge < -0.3 is 10.4 Å². The van der Waals surface area contributed by atoms with Gasteiger partial charge in [-0.3, -0.25) is 4.79 Å². The van der Waals surface area contributed by atoms with E-state index in [1.54, 1.807) is 29.5 Å². The van der Waals surface area contributed by atoms with Gasteiger partial charge >= 0.3 is 5.97 Å². The third-order valence-corrected chi connectivity index (χ3v) is 4.61. The van der Waals surface area contributed by atoms with Crippen LogP contribution >= 0.6 is 22.6 Å². The van der Waals surface area contributed by atoms with E-state index in [-0.39, 0.29) is 10.5 Å². The minimum absolute atomic E-state index is 0.105. The molecule has 0 bridgehead atoms. The Bertz CT molecular complexity index is 630. The third kappa shape index (κ3) is 4.42. The number of hydrogen-bond acceptors (Lipinski definition) is 4. The zero-order chi connectivity index (χ0) is 15.3. The van der Waals surface area contributed by atoms with Crippen LogP contribution in [0, 0.1) is 3.57 Å². The molecule has 1 amide bonds. The Morgan fingerprint density at radius 1 is 1.35 bits per heavy atom. The number of halogens is 1. The first kappa shape index (κ1) is 16.9. The maximum atomic E-state index is 11.9. The lowest BCUT2D eigenvalue weighted by atomic mass is 10.2. The molecule has 0 saturated carbocycles. The molecule has 9 heteroatoms. The van der Waals surface area contributed by atoms with Gasteiger partial charge in [0.15, 0.2) is 0 Å². The van der Waals surface area contributed by atoms with Gasteiger partial charge in [0, 0.05) is 10.1 Å². The zero-order valence-electron chi connectivity index (χ0n) is 10.5. The number of carboxylic acids is 1. The van der Waals surface area contributed by atoms with Gasteiger partial charge in [0.2, 0.25) is 15.9 Å². The van der Waals surface area contributed by atoms with Crippen molar-refractivity contribution in [2.24, 2.45) is 0 Å². The van der Waals surface area contributed by atoms with E-state index in [2.05, 4.69) is 10.0 Å². The molecule has 0 aliphatic rings. The molecule has 0 aliphatic carbocycles. The van der Waals surface area contributed by atoms with E-state index >= 15 is 0 Å². The summed E-state index contributed by atoms with van der Waals surface area (Å²) >= 11 is 1.80. The van der Waals surface area contributed by atoms with E-state index in [4.69, 9.17) is 5.11 Å². The fraction of sp³-hybridized carbons (Fsp3) is 0.273. The normalized spacial score (nSPS) is 11.1. The van der Waals surface area contributed by atoms with Crippen molar-refractivity contribution >= 4 is 44.5 Å². The van der Waals surface area contributed by atoms with Crippen molar-refractivity contribution < 1.29 is 23.1 Å². The fourth-order valence-electron chi connectivity index (χ4n) is 1.34. The van der Waals surface area contributed by atoms with Crippen LogP contribution in [0.5, 0.6) is 0 Å². The van der Waals surface area contributed by atoms with Crippen molar-refractivity contribution in [3.8, 4) is 0 Å². The highest BCUT2D eigenvalue weighted by Crippen LogP contribution is 2.17. The first-order valence-corrected chi connectivity index (χ1v) is 8.13. The van der Waals surface area contributed by atoms with Crippen molar-refractivity contribution in [2.75, 3.05) is 13.1 Å². The average Bonchev–Trinajstić information content (AvgIpc) is 2.37. The van der Waals surface area contributed by atoms with E-state index in [0.29, 0.717) is 10.1 Å². The molecule has 1 aromatic carbocycles. The molecule has 0 aromatic heterocycles. The summed E-state index contributed by atoms with van der Waals surface area (Å²) in [5.41, 5.74) is -0.105. The second-order valence-corrected chi connectivity index (χ2v) is 6.65. The Labute approximate surface area is 129 Å². The smallest absolute Gasteiger partial charge is 0.336 e. The van der Waals surface area contributed by atoms with Crippen LogP contribution in [0.2, 0.25) is 0 Å². The Morgan fingerprint density at radius 3 is 2.55 bits per heavy atom. The Kier molecular flexibility index (Phi) is 5.89. The number of carbonyl (C=O) groups excluding carboxylic acids is 1. The number of benzene rings is 1. The van der Waals surface area contributed by atoms with Gasteiger partial charge in [0.05, 0.1) is 17.0 Å². The molecule has 0 aliphatic heterocycles. The average molecular weight is 412 g/mol. The summed E-state index contributed by atoms with van der Waals surface area (Å²) in [7, 11) is -3.92. The number of carbonyl (C=O) groups is 2. The molecule has 20 heavy (non-hydrogen) atoms. The molecule has 1 rings (SSSR count). The summed E-state index contributed by atoms with van der Waals surface area (Å²) in [5, 5.41) is 11.4. The van der Waals surface area contributed by atoms with E-state index in [1.807, 2.05) is 0 Å². The van der Waals surface area contributed by atoms with Crippen molar-refractivity contribution in [1.82, 2.24) is 10.0 Å². The molecule has 0 atom stereocenters. The van der Waals surface area contributed by atoms with Gasteiger partial charge in [0.25, 0.3) is 0 Å². The molecule has 0 radical (unpaired) electrons. The lowest BCUT2D eigenvalue weighted by Gasteiger charge is -2.08. The number of aromatic carboxylic acids is 1. The van der Waals surface area contributed by atoms with Crippen LogP contribution in [0.4, 0.5) is 0 Å². The highest BCUT2D eigenvalue weighted by Gasteiger charge is 2.18. The topological polar surface area (TPSA) is 113 Å². The van der Waals surface area contributed by atoms with Crippen molar-refractivity contribution in [3.63, 3.8) is 0 Å². The summed E-state index contributed by atoms with van der Waals surface area (Å²) in [5.74, 6) is -1.67. The predicted molar refractivity (Wildman–Crippen MR) is 80.0 cm³/mol. The molecule has 0 spiro atoms. The molecule has 3 N–H and O–H groups in total. The van der Waals surface area contributed by atoms with Gasteiger partial charge in [-0.1, -0.05) is 0 Å². The second kappa shape index (κ2) is 6.99. The minimum Gasteiger partial charge on any atom is -0.478 e. The van der Waals surface area contributed by atoms with E-state index in [1.165, 1.54) is 12.1 Å². The van der Waals surface area contributed by atoms with Crippen LogP contribution in [0.1, 0.15) is 17.3 Å². The summed E-state index contributed by atoms with van der Waals surface area (Å²) in [6.07, 6.45) is 0. The number of amides is 1. The van der Waals surface area contributed by atoms with Gasteiger partial charge in [-0.25, -0.2) is 17.9 Å². The standard InChI is InChI=1S/C11H13IN2O5S/c1-2-13-10(15)6-14-20(18,19)7-3-4-9(12)8(5-7)11(16)17/h3-5,14H,2,6H2,1H3,(H,13,15)(H,16,17). The Hall–Kier alpha value is -1.20. The van der Waals surface area contributed by atoms with Gasteiger partial charge in [-0.2, -0.15) is 0 Å². The van der Waals surface area contributed by atoms with Crippen molar-refractivity contribution in [2.45, 2.75) is 11.8 Å². The Balaban J connectivity index is 2.96. The molecule has 0 saturated heterocycles. The second-order valence-electron chi connectivity index (χ2n) is 3.72. The molecular weight excluding hydrogens is 399 g/mol. The largest absolute Gasteiger partial charge is 0.478 e. The lowest BCUT2D eigenvalue weighted by Crippen LogP contribution is -2.36. The fourth-order valence-corrected chi connectivity index (χ4v) is 2.91. The first-order valence-electron chi connectivity index (χ1n) is 5.57. The van der Waals surface area contributed by atoms with Crippen LogP contribution in [0.25, 0.3) is 0 Å². The summed E-state index contributed by atoms with van der Waals surface area (Å²) in [6.45, 7) is 1.71. The number of sulfonamides is 1. The lowest BCUT2D eigenvalue weighted by molar-refractivity contribution is -0.119. The molecule has 110 valence electrons. The van der Waals surface area contributed by atoms with Crippen LogP contribution in [0.15, 0.2) is 23.1 Å². The summed E-state index contributed by atoms with van der Waals surface area (Å²) < 4.78 is 26.4. The van der Waals surface area contributed by atoms with E-state index < -0.39 is 28.4 Å². The highest BCUT2D eigenvalue weighted by molar-refractivity contribution is 14.1. The van der Waals surface area contributed by atoms with Gasteiger partial charge in [-0.15, -0.1) is 0 Å². The summed E-state index contributed by atoms with van der Waals surface area (Å²) in [4.78, 5) is 22.0. The van der Waals surface area contributed by atoms with Crippen LogP contribution in [0.3, 0.4) is 0 Å². The SMILES string of the molecule is CCNC(=O)CNS(=O)(=O)c1ccc(I)c(C(=O)O)c1. The number of carboxylic acid groups (broad SMARTS) is 1. The molecule has 7 nitrogen and oxygen atoms in total. The zero-order valence-corrected chi connectivity index (χ0v) is 13.5. The highest BCUT2D eigenvalue weighted by atomic mass is 127. The molecule has 0 unspecified atom stereocenters. The number of rotatable bonds is 6. The first-order chi connectivity index (χ1) is 9.27. The minimum atomic E-state index is -3.92. The molecular formula is C11H13IN2O5S. The number of likely N-dealkylation sites (N-methyl/N-ethyl adjacent to an activating group) is 1. The third-order valence-electron chi connectivity index (χ3n) is 2.28. The number of hydrogen-bond donors (Lipinski definition) is 3. The molecule has 1 aromatic rings. The predicted octanol–water partition coefficient (Wildman–Crippen LogP) is 0.404. The van der Waals surface area contributed by atoms with Crippen LogP contribution in [-0.4, -0.2) is 38.5 Å². The monoisotopic (exact) mass is 412 g/mol. The maximum absolute atomic E-state index is 11.9. The molecule has 0 heterocycles. The van der Waals surface area contributed by atoms with Crippen molar-refractivity contribution in [3.05, 3.63) is 27.3 Å². The summed E-state index contributed by atoms with van der Waals surface area (Å²) in [6, 6.07) is 3.74. The van der Waals surface area contributed by atoms with Gasteiger partial charge in [0.1, 0.15) is 0 Å². The van der Waals surface area contributed by atoms with E-state index in [9.17, 15) is 18.0 Å². The Morgan fingerprint density at radius 2 is 2.00 bits per heavy atom. The quantitative estimate of drug-likeness (QED) is 0.586. The molecule has 0 fully saturated rings.